The minimum Gasteiger partial charge on any atom is -0.502 e. The van der Waals surface area contributed by atoms with Crippen LogP contribution >= 0.6 is 0 Å². The smallest absolute Gasteiger partial charge is 0.346 e. The fraction of sp³-hybridized carbons (Fsp3) is 0. The lowest BCUT2D eigenvalue weighted by Gasteiger charge is -1.93. The number of aromatic nitrogens is 2. The average molecular weight is 143 g/mol. The summed E-state index contributed by atoms with van der Waals surface area (Å²) in [5.41, 5.74) is -1.60. The topological polar surface area (TPSA) is 101 Å². The van der Waals surface area contributed by atoms with Gasteiger partial charge < -0.3 is 10.9 Å². The first kappa shape index (κ1) is 6.40. The second-order valence-electron chi connectivity index (χ2n) is 1.68. The number of nitrogens with zero attached hydrogens (tertiary/aromatic N) is 1. The minimum atomic E-state index is -0.841. The van der Waals surface area contributed by atoms with Gasteiger partial charge in [-0.2, -0.15) is 0 Å². The van der Waals surface area contributed by atoms with Gasteiger partial charge in [-0.05, 0) is 0 Å². The van der Waals surface area contributed by atoms with Crippen molar-refractivity contribution < 1.29 is 5.11 Å². The third-order valence-corrected chi connectivity index (χ3v) is 0.949. The molecular formula is C4H5N3O3. The van der Waals surface area contributed by atoms with Crippen molar-refractivity contribution in [3.05, 3.63) is 27.0 Å². The van der Waals surface area contributed by atoms with Crippen molar-refractivity contribution in [2.24, 2.45) is 0 Å². The number of aromatic amines is 1. The standard InChI is InChI=1S/C4H5N3O3/c5-7-1-2(8)3(9)6-4(7)10/h1,8H,5H2,(H,6,9,10). The van der Waals surface area contributed by atoms with Crippen molar-refractivity contribution >= 4 is 0 Å². The van der Waals surface area contributed by atoms with Gasteiger partial charge >= 0.3 is 5.69 Å². The normalized spacial score (nSPS) is 9.60. The molecule has 6 heteroatoms. The molecule has 0 unspecified atom stereocenters. The lowest BCUT2D eigenvalue weighted by atomic mass is 10.6. The molecule has 6 nitrogen and oxygen atoms in total. The highest BCUT2D eigenvalue weighted by Crippen LogP contribution is 1.88. The molecule has 1 heterocycles. The summed E-state index contributed by atoms with van der Waals surface area (Å²) in [4.78, 5) is 22.7. The first-order valence-electron chi connectivity index (χ1n) is 2.41. The number of hydrogen-bond donors (Lipinski definition) is 3. The van der Waals surface area contributed by atoms with Crippen LogP contribution in [0.2, 0.25) is 0 Å². The van der Waals surface area contributed by atoms with Crippen LogP contribution in [0.4, 0.5) is 0 Å². The van der Waals surface area contributed by atoms with Gasteiger partial charge in [-0.15, -0.1) is 0 Å². The van der Waals surface area contributed by atoms with E-state index in [0.717, 1.165) is 6.20 Å². The lowest BCUT2D eigenvalue weighted by molar-refractivity contribution is 0.458. The van der Waals surface area contributed by atoms with Crippen LogP contribution in [0.3, 0.4) is 0 Å². The number of hydrogen-bond acceptors (Lipinski definition) is 4. The van der Waals surface area contributed by atoms with Crippen molar-refractivity contribution in [2.45, 2.75) is 0 Å². The Morgan fingerprint density at radius 3 is 2.70 bits per heavy atom. The molecule has 0 bridgehead atoms. The van der Waals surface area contributed by atoms with Crippen molar-refractivity contribution in [1.29, 1.82) is 0 Å². The zero-order valence-electron chi connectivity index (χ0n) is 4.87. The second-order valence-corrected chi connectivity index (χ2v) is 1.68. The Morgan fingerprint density at radius 1 is 1.60 bits per heavy atom. The summed E-state index contributed by atoms with van der Waals surface area (Å²) in [6, 6.07) is 0. The van der Waals surface area contributed by atoms with E-state index in [1.807, 2.05) is 0 Å². The predicted octanol–water partition coefficient (Wildman–Crippen LogP) is -2.04. The molecule has 0 fully saturated rings. The van der Waals surface area contributed by atoms with Crippen molar-refractivity contribution in [1.82, 2.24) is 9.66 Å². The van der Waals surface area contributed by atoms with Crippen LogP contribution in [-0.2, 0) is 0 Å². The van der Waals surface area contributed by atoms with Crippen LogP contribution in [0.5, 0.6) is 5.75 Å². The van der Waals surface area contributed by atoms with E-state index in [2.05, 4.69) is 0 Å². The summed E-state index contributed by atoms with van der Waals surface area (Å²) in [6.07, 6.45) is 0.834. The van der Waals surface area contributed by atoms with E-state index in [9.17, 15) is 9.59 Å². The summed E-state index contributed by atoms with van der Waals surface area (Å²) in [7, 11) is 0. The average Bonchev–Trinajstić information content (AvgIpc) is 1.84. The van der Waals surface area contributed by atoms with Gasteiger partial charge in [-0.3, -0.25) is 9.78 Å². The van der Waals surface area contributed by atoms with E-state index in [0.29, 0.717) is 4.68 Å². The highest BCUT2D eigenvalue weighted by atomic mass is 16.3. The SMILES string of the molecule is Nn1cc(O)c(=O)[nH]c1=O. The molecule has 54 valence electrons. The molecule has 10 heavy (non-hydrogen) atoms. The van der Waals surface area contributed by atoms with Gasteiger partial charge in [-0.25, -0.2) is 9.47 Å². The number of nitrogen functional groups attached to an aromatic ring is 1. The van der Waals surface area contributed by atoms with Crippen LogP contribution in [-0.4, -0.2) is 14.8 Å². The summed E-state index contributed by atoms with van der Waals surface area (Å²) < 4.78 is 0.580. The molecular weight excluding hydrogens is 138 g/mol. The van der Waals surface area contributed by atoms with Gasteiger partial charge in [0.1, 0.15) is 0 Å². The molecule has 0 amide bonds. The Labute approximate surface area is 54.5 Å². The number of H-pyrrole nitrogens is 1. The predicted molar refractivity (Wildman–Crippen MR) is 33.1 cm³/mol. The Kier molecular flexibility index (Phi) is 1.22. The largest absolute Gasteiger partial charge is 0.502 e. The fourth-order valence-electron chi connectivity index (χ4n) is 0.475. The highest BCUT2D eigenvalue weighted by molar-refractivity contribution is 5.08. The van der Waals surface area contributed by atoms with Crippen molar-refractivity contribution in [3.8, 4) is 5.75 Å². The first-order valence-corrected chi connectivity index (χ1v) is 2.41. The van der Waals surface area contributed by atoms with E-state index < -0.39 is 17.0 Å². The zero-order chi connectivity index (χ0) is 7.72. The molecule has 0 radical (unpaired) electrons. The van der Waals surface area contributed by atoms with Gasteiger partial charge in [-0.1, -0.05) is 0 Å². The van der Waals surface area contributed by atoms with Crippen LogP contribution < -0.4 is 17.1 Å². The summed E-state index contributed by atoms with van der Waals surface area (Å²) in [6.45, 7) is 0. The number of rotatable bonds is 0. The Balaban J connectivity index is 3.59. The number of nitrogens with one attached hydrogen (secondary N) is 1. The summed E-state index contributed by atoms with van der Waals surface area (Å²) in [5.74, 6) is 4.38. The lowest BCUT2D eigenvalue weighted by Crippen LogP contribution is -2.33. The molecule has 0 aromatic carbocycles. The molecule has 0 aliphatic rings. The highest BCUT2D eigenvalue weighted by Gasteiger charge is 1.97. The quantitative estimate of drug-likeness (QED) is 0.364. The minimum absolute atomic E-state index is 0.580. The Morgan fingerprint density at radius 2 is 2.20 bits per heavy atom. The zero-order valence-corrected chi connectivity index (χ0v) is 4.87. The molecule has 0 atom stereocenters. The van der Waals surface area contributed by atoms with Gasteiger partial charge in [0.2, 0.25) is 0 Å². The van der Waals surface area contributed by atoms with Crippen molar-refractivity contribution in [3.63, 3.8) is 0 Å². The van der Waals surface area contributed by atoms with Crippen LogP contribution in [0.15, 0.2) is 15.8 Å². The molecule has 0 saturated carbocycles. The molecule has 1 aromatic rings. The fourth-order valence-corrected chi connectivity index (χ4v) is 0.475. The van der Waals surface area contributed by atoms with E-state index in [4.69, 9.17) is 10.9 Å². The van der Waals surface area contributed by atoms with Gasteiger partial charge in [0.15, 0.2) is 5.75 Å². The van der Waals surface area contributed by atoms with E-state index >= 15 is 0 Å². The second kappa shape index (κ2) is 1.90. The molecule has 0 aliphatic carbocycles. The van der Waals surface area contributed by atoms with Gasteiger partial charge in [0, 0.05) is 0 Å². The van der Waals surface area contributed by atoms with Gasteiger partial charge in [0.25, 0.3) is 5.56 Å². The summed E-state index contributed by atoms with van der Waals surface area (Å²) >= 11 is 0. The maximum absolute atomic E-state index is 10.5. The van der Waals surface area contributed by atoms with Crippen LogP contribution in [0.25, 0.3) is 0 Å². The number of aromatic hydroxyl groups is 1. The first-order chi connectivity index (χ1) is 4.61. The van der Waals surface area contributed by atoms with E-state index in [1.54, 1.807) is 4.98 Å². The van der Waals surface area contributed by atoms with E-state index in [-0.39, 0.29) is 0 Å². The summed E-state index contributed by atoms with van der Waals surface area (Å²) in [5, 5.41) is 8.64. The van der Waals surface area contributed by atoms with E-state index in [1.165, 1.54) is 0 Å². The monoisotopic (exact) mass is 143 g/mol. The Bertz CT molecular complexity index is 318. The maximum atomic E-state index is 10.5. The third kappa shape index (κ3) is 0.859. The maximum Gasteiger partial charge on any atom is 0.346 e. The Hall–Kier alpha value is -1.72. The molecule has 4 N–H and O–H groups in total. The molecule has 1 rings (SSSR count). The molecule has 0 aliphatic heterocycles. The van der Waals surface area contributed by atoms with Crippen LogP contribution in [0, 0.1) is 0 Å². The molecule has 0 spiro atoms. The third-order valence-electron chi connectivity index (χ3n) is 0.949. The molecule has 0 saturated heterocycles. The van der Waals surface area contributed by atoms with Crippen LogP contribution in [0.1, 0.15) is 0 Å². The number of nitrogens with two attached hydrogens (primary N) is 1. The van der Waals surface area contributed by atoms with Crippen molar-refractivity contribution in [2.75, 3.05) is 5.84 Å². The molecule has 1 aromatic heterocycles. The van der Waals surface area contributed by atoms with Gasteiger partial charge in [0.05, 0.1) is 6.20 Å².